The average Bonchev–Trinajstić information content (AvgIpc) is 1.96. The van der Waals surface area contributed by atoms with Gasteiger partial charge in [-0.15, -0.1) is 0 Å². The summed E-state index contributed by atoms with van der Waals surface area (Å²) < 4.78 is 0. The molecule has 8 heteroatoms. The van der Waals surface area contributed by atoms with Crippen LogP contribution in [0.5, 0.6) is 0 Å². The van der Waals surface area contributed by atoms with E-state index in [1.165, 1.54) is 0 Å². The molecule has 8 nitrogen and oxygen atoms in total. The van der Waals surface area contributed by atoms with Gasteiger partial charge in [-0.25, -0.2) is 0 Å². The monoisotopic (exact) mass is 206 g/mol. The fraction of sp³-hybridized carbons (Fsp3) is 1.00. The molecule has 0 rings (SSSR count). The Morgan fingerprint density at radius 1 is 0.357 bits per heavy atom. The van der Waals surface area contributed by atoms with E-state index in [-0.39, 0.29) is 0 Å². The zero-order valence-corrected chi connectivity index (χ0v) is 8.08. The molecule has 0 aliphatic rings. The molecule has 0 radical (unpaired) electrons. The fourth-order valence-electron chi connectivity index (χ4n) is 1.54. The van der Waals surface area contributed by atoms with Crippen LogP contribution in [0.15, 0.2) is 0 Å². The Morgan fingerprint density at radius 3 is 0.571 bits per heavy atom. The van der Waals surface area contributed by atoms with Gasteiger partial charge in [-0.3, -0.25) is 0 Å². The molecule has 0 aromatic carbocycles. The first-order valence-electron chi connectivity index (χ1n) is 4.33. The molecule has 0 aliphatic heterocycles. The maximum atomic E-state index is 5.51. The summed E-state index contributed by atoms with van der Waals surface area (Å²) in [5, 5.41) is 0. The maximum absolute atomic E-state index is 5.51. The predicted octanol–water partition coefficient (Wildman–Crippen LogP) is -4.81. The van der Waals surface area contributed by atoms with Gasteiger partial charge < -0.3 is 45.9 Å². The van der Waals surface area contributed by atoms with E-state index in [1.54, 1.807) is 0 Å². The van der Waals surface area contributed by atoms with Crippen LogP contribution in [0, 0.1) is 11.8 Å². The third-order valence-corrected chi connectivity index (χ3v) is 2.22. The van der Waals surface area contributed by atoms with E-state index in [9.17, 15) is 0 Å². The maximum Gasteiger partial charge on any atom is 0.0582 e. The van der Waals surface area contributed by atoms with Gasteiger partial charge in [0.1, 0.15) is 0 Å². The molecule has 14 heavy (non-hydrogen) atoms. The molecular weight excluding hydrogens is 184 g/mol. The lowest BCUT2D eigenvalue weighted by Crippen LogP contribution is -2.65. The molecule has 0 saturated heterocycles. The molecule has 0 aliphatic carbocycles. The molecule has 0 aromatic heterocycles. The molecular formula is C6H22N8. The summed E-state index contributed by atoms with van der Waals surface area (Å²) in [7, 11) is 0. The van der Waals surface area contributed by atoms with Crippen molar-refractivity contribution in [3.05, 3.63) is 0 Å². The second-order valence-electron chi connectivity index (χ2n) is 3.46. The first-order valence-corrected chi connectivity index (χ1v) is 4.33. The van der Waals surface area contributed by atoms with E-state index in [1.807, 2.05) is 0 Å². The van der Waals surface area contributed by atoms with Crippen LogP contribution in [0.3, 0.4) is 0 Å². The van der Waals surface area contributed by atoms with E-state index < -0.39 is 36.5 Å². The van der Waals surface area contributed by atoms with Crippen molar-refractivity contribution in [3.63, 3.8) is 0 Å². The summed E-state index contributed by atoms with van der Waals surface area (Å²) >= 11 is 0. The van der Waals surface area contributed by atoms with Crippen LogP contribution in [-0.2, 0) is 0 Å². The largest absolute Gasteiger partial charge is 0.316 e. The van der Waals surface area contributed by atoms with Gasteiger partial charge in [0.15, 0.2) is 0 Å². The molecule has 0 saturated carbocycles. The normalized spacial score (nSPS) is 13.3. The van der Waals surface area contributed by atoms with Gasteiger partial charge >= 0.3 is 0 Å². The molecule has 16 N–H and O–H groups in total. The van der Waals surface area contributed by atoms with Crippen LogP contribution in [-0.4, -0.2) is 24.7 Å². The lowest BCUT2D eigenvalue weighted by atomic mass is 9.83. The van der Waals surface area contributed by atoms with E-state index >= 15 is 0 Å². The van der Waals surface area contributed by atoms with Crippen LogP contribution in [0.4, 0.5) is 0 Å². The Morgan fingerprint density at radius 2 is 0.500 bits per heavy atom. The fourth-order valence-corrected chi connectivity index (χ4v) is 1.54. The Hall–Kier alpha value is -0.320. The SMILES string of the molecule is NC(N)C(C(N)N)C(C(N)N)C(N)N. The van der Waals surface area contributed by atoms with Crippen LogP contribution in [0.25, 0.3) is 0 Å². The summed E-state index contributed by atoms with van der Waals surface area (Å²) in [6.45, 7) is 0. The number of hydrogen-bond donors (Lipinski definition) is 8. The number of rotatable bonds is 5. The predicted molar refractivity (Wildman–Crippen MR) is 55.6 cm³/mol. The summed E-state index contributed by atoms with van der Waals surface area (Å²) in [4.78, 5) is 0. The molecule has 0 aromatic rings. The van der Waals surface area contributed by atoms with E-state index in [0.29, 0.717) is 0 Å². The standard InChI is InChI=1S/C6H22N8/c7-3(8)1(4(9)10)2(5(11)12)6(13)14/h1-6H,7-14H2. The molecule has 86 valence electrons. The van der Waals surface area contributed by atoms with Gasteiger partial charge in [0, 0.05) is 11.8 Å². The summed E-state index contributed by atoms with van der Waals surface area (Å²) in [6.07, 6.45) is -3.04. The lowest BCUT2D eigenvalue weighted by molar-refractivity contribution is 0.179. The van der Waals surface area contributed by atoms with Crippen LogP contribution >= 0.6 is 0 Å². The highest BCUT2D eigenvalue weighted by Crippen LogP contribution is 2.16. The van der Waals surface area contributed by atoms with Gasteiger partial charge in [-0.2, -0.15) is 0 Å². The van der Waals surface area contributed by atoms with Crippen molar-refractivity contribution in [3.8, 4) is 0 Å². The minimum Gasteiger partial charge on any atom is -0.316 e. The van der Waals surface area contributed by atoms with E-state index in [2.05, 4.69) is 0 Å². The smallest absolute Gasteiger partial charge is 0.0582 e. The van der Waals surface area contributed by atoms with Crippen molar-refractivity contribution in [1.82, 2.24) is 0 Å². The molecule has 0 unspecified atom stereocenters. The topological polar surface area (TPSA) is 208 Å². The number of hydrogen-bond acceptors (Lipinski definition) is 8. The van der Waals surface area contributed by atoms with Gasteiger partial charge in [0.05, 0.1) is 24.7 Å². The Bertz CT molecular complexity index is 122. The Kier molecular flexibility index (Phi) is 5.41. The quantitative estimate of drug-likeness (QED) is 0.204. The molecule has 0 atom stereocenters. The zero-order valence-electron chi connectivity index (χ0n) is 8.08. The van der Waals surface area contributed by atoms with E-state index in [4.69, 9.17) is 45.9 Å². The van der Waals surface area contributed by atoms with Crippen molar-refractivity contribution in [2.75, 3.05) is 0 Å². The summed E-state index contributed by atoms with van der Waals surface area (Å²) in [6, 6.07) is 0. The second-order valence-corrected chi connectivity index (χ2v) is 3.46. The van der Waals surface area contributed by atoms with Gasteiger partial charge in [0.2, 0.25) is 0 Å². The minimum absolute atomic E-state index is 0.519. The van der Waals surface area contributed by atoms with Crippen LogP contribution in [0.1, 0.15) is 0 Å². The van der Waals surface area contributed by atoms with Crippen molar-refractivity contribution in [2.45, 2.75) is 24.7 Å². The highest BCUT2D eigenvalue weighted by molar-refractivity contribution is 4.89. The van der Waals surface area contributed by atoms with Crippen molar-refractivity contribution < 1.29 is 0 Å². The summed E-state index contributed by atoms with van der Waals surface area (Å²) in [5.74, 6) is -1.04. The van der Waals surface area contributed by atoms with Crippen LogP contribution < -0.4 is 45.9 Å². The summed E-state index contributed by atoms with van der Waals surface area (Å²) in [5.41, 5.74) is 44.1. The average molecular weight is 206 g/mol. The lowest BCUT2D eigenvalue weighted by Gasteiger charge is -2.36. The Labute approximate surface area is 83.3 Å². The van der Waals surface area contributed by atoms with Gasteiger partial charge in [-0.05, 0) is 0 Å². The van der Waals surface area contributed by atoms with Crippen molar-refractivity contribution in [1.29, 1.82) is 0 Å². The highest BCUT2D eigenvalue weighted by Gasteiger charge is 2.34. The van der Waals surface area contributed by atoms with Crippen molar-refractivity contribution >= 4 is 0 Å². The minimum atomic E-state index is -0.760. The van der Waals surface area contributed by atoms with E-state index in [0.717, 1.165) is 0 Å². The third-order valence-electron chi connectivity index (χ3n) is 2.22. The molecule has 0 bridgehead atoms. The van der Waals surface area contributed by atoms with Crippen LogP contribution in [0.2, 0.25) is 0 Å². The van der Waals surface area contributed by atoms with Gasteiger partial charge in [-0.1, -0.05) is 0 Å². The molecule has 0 fully saturated rings. The second kappa shape index (κ2) is 5.53. The molecule has 0 spiro atoms. The zero-order chi connectivity index (χ0) is 11.5. The highest BCUT2D eigenvalue weighted by atomic mass is 15.0. The molecule has 0 amide bonds. The Balaban J connectivity index is 4.74. The first-order chi connectivity index (χ1) is 6.29. The number of nitrogens with two attached hydrogens (primary N) is 8. The third kappa shape index (κ3) is 3.44. The first kappa shape index (κ1) is 13.7. The van der Waals surface area contributed by atoms with Crippen molar-refractivity contribution in [2.24, 2.45) is 57.7 Å². The van der Waals surface area contributed by atoms with Gasteiger partial charge in [0.25, 0.3) is 0 Å². The molecule has 0 heterocycles.